The van der Waals surface area contributed by atoms with Crippen molar-refractivity contribution in [2.75, 3.05) is 0 Å². The predicted octanol–water partition coefficient (Wildman–Crippen LogP) is 4.78. The van der Waals surface area contributed by atoms with Crippen LogP contribution in [-0.4, -0.2) is 12.1 Å². The summed E-state index contributed by atoms with van der Waals surface area (Å²) in [6, 6.07) is 4.33. The van der Waals surface area contributed by atoms with Crippen molar-refractivity contribution in [2.24, 2.45) is 0 Å². The van der Waals surface area contributed by atoms with E-state index >= 15 is 0 Å². The Kier molecular flexibility index (Phi) is 3.72. The average Bonchev–Trinajstić information content (AvgIpc) is 2.19. The second-order valence-corrected chi connectivity index (χ2v) is 4.28. The molecule has 1 aromatic rings. The predicted molar refractivity (Wildman–Crippen MR) is 55.5 cm³/mol. The molecule has 0 aliphatic carbocycles. The summed E-state index contributed by atoms with van der Waals surface area (Å²) < 4.78 is 62.6. The lowest BCUT2D eigenvalue weighted by molar-refractivity contribution is -0.283. The van der Waals surface area contributed by atoms with Gasteiger partial charge in [-0.05, 0) is 25.0 Å². The van der Waals surface area contributed by atoms with E-state index in [4.69, 9.17) is 11.6 Å². The molecular formula is C11H10ClF5. The molecule has 0 heterocycles. The van der Waals surface area contributed by atoms with Crippen LogP contribution in [-0.2, 0) is 0 Å². The molecule has 1 rings (SSSR count). The van der Waals surface area contributed by atoms with Crippen molar-refractivity contribution in [3.05, 3.63) is 34.9 Å². The lowest BCUT2D eigenvalue weighted by atomic mass is 9.99. The highest BCUT2D eigenvalue weighted by Gasteiger charge is 2.62. The minimum Gasteiger partial charge on any atom is -0.194 e. The first-order valence-corrected chi connectivity index (χ1v) is 5.16. The Labute approximate surface area is 100 Å². The zero-order chi connectivity index (χ0) is 13.4. The molecule has 0 aliphatic rings. The second-order valence-electron chi connectivity index (χ2n) is 3.84. The number of aryl methyl sites for hydroxylation is 2. The molecule has 0 saturated carbocycles. The van der Waals surface area contributed by atoms with E-state index in [-0.39, 0.29) is 5.56 Å². The summed E-state index contributed by atoms with van der Waals surface area (Å²) in [6.07, 6.45) is -5.66. The summed E-state index contributed by atoms with van der Waals surface area (Å²) in [4.78, 5) is 0. The van der Waals surface area contributed by atoms with Crippen LogP contribution in [0.15, 0.2) is 18.2 Å². The molecule has 0 bridgehead atoms. The van der Waals surface area contributed by atoms with Crippen LogP contribution in [0.1, 0.15) is 22.1 Å². The van der Waals surface area contributed by atoms with Crippen molar-refractivity contribution in [1.82, 2.24) is 0 Å². The maximum absolute atomic E-state index is 13.1. The minimum atomic E-state index is -5.66. The average molecular weight is 273 g/mol. The molecule has 0 aliphatic heterocycles. The molecule has 0 saturated heterocycles. The molecule has 17 heavy (non-hydrogen) atoms. The molecule has 0 amide bonds. The van der Waals surface area contributed by atoms with Crippen LogP contribution in [0, 0.1) is 13.8 Å². The van der Waals surface area contributed by atoms with Crippen molar-refractivity contribution in [2.45, 2.75) is 31.3 Å². The van der Waals surface area contributed by atoms with E-state index in [0.29, 0.717) is 11.1 Å². The van der Waals surface area contributed by atoms with Gasteiger partial charge in [0.2, 0.25) is 0 Å². The topological polar surface area (TPSA) is 0 Å². The number of alkyl halides is 6. The van der Waals surface area contributed by atoms with Gasteiger partial charge in [0.1, 0.15) is 5.38 Å². The quantitative estimate of drug-likeness (QED) is 0.537. The van der Waals surface area contributed by atoms with E-state index in [2.05, 4.69) is 0 Å². The molecule has 0 N–H and O–H groups in total. The highest BCUT2D eigenvalue weighted by Crippen LogP contribution is 2.48. The molecule has 0 aromatic heterocycles. The molecule has 6 heteroatoms. The Morgan fingerprint density at radius 3 is 2.06 bits per heavy atom. The van der Waals surface area contributed by atoms with E-state index in [9.17, 15) is 22.0 Å². The summed E-state index contributed by atoms with van der Waals surface area (Å²) in [5.74, 6) is -4.95. The van der Waals surface area contributed by atoms with Crippen molar-refractivity contribution >= 4 is 11.6 Å². The minimum absolute atomic E-state index is 0.200. The van der Waals surface area contributed by atoms with Crippen LogP contribution >= 0.6 is 11.6 Å². The number of benzene rings is 1. The van der Waals surface area contributed by atoms with Gasteiger partial charge in [-0.1, -0.05) is 23.8 Å². The van der Waals surface area contributed by atoms with E-state index in [1.807, 2.05) is 0 Å². The smallest absolute Gasteiger partial charge is 0.194 e. The number of halogens is 6. The van der Waals surface area contributed by atoms with Crippen LogP contribution in [0.2, 0.25) is 0 Å². The van der Waals surface area contributed by atoms with Crippen LogP contribution in [0.4, 0.5) is 22.0 Å². The number of rotatable bonds is 2. The fourth-order valence-electron chi connectivity index (χ4n) is 1.37. The maximum atomic E-state index is 13.1. The Balaban J connectivity index is 3.21. The van der Waals surface area contributed by atoms with Gasteiger partial charge in [0.15, 0.2) is 0 Å². The fourth-order valence-corrected chi connectivity index (χ4v) is 1.73. The van der Waals surface area contributed by atoms with Crippen LogP contribution in [0.3, 0.4) is 0 Å². The van der Waals surface area contributed by atoms with Gasteiger partial charge in [-0.2, -0.15) is 22.0 Å². The SMILES string of the molecule is Cc1ccc(C)c(C(Cl)C(F)(F)C(F)(F)F)c1. The first-order chi connectivity index (χ1) is 7.57. The first-order valence-electron chi connectivity index (χ1n) is 4.73. The molecule has 0 spiro atoms. The molecule has 0 radical (unpaired) electrons. The number of hydrogen-bond donors (Lipinski definition) is 0. The lowest BCUT2D eigenvalue weighted by Crippen LogP contribution is -2.40. The van der Waals surface area contributed by atoms with Crippen molar-refractivity contribution in [1.29, 1.82) is 0 Å². The van der Waals surface area contributed by atoms with Gasteiger partial charge in [0.25, 0.3) is 0 Å². The molecule has 1 aromatic carbocycles. The Bertz CT molecular complexity index is 411. The third kappa shape index (κ3) is 2.70. The van der Waals surface area contributed by atoms with Gasteiger partial charge in [-0.25, -0.2) is 0 Å². The van der Waals surface area contributed by atoms with E-state index in [1.54, 1.807) is 13.0 Å². The van der Waals surface area contributed by atoms with Crippen molar-refractivity contribution in [3.8, 4) is 0 Å². The Morgan fingerprint density at radius 1 is 1.06 bits per heavy atom. The Hall–Kier alpha value is -0.840. The number of hydrogen-bond acceptors (Lipinski definition) is 0. The van der Waals surface area contributed by atoms with Crippen LogP contribution in [0.25, 0.3) is 0 Å². The molecule has 0 fully saturated rings. The van der Waals surface area contributed by atoms with Gasteiger partial charge >= 0.3 is 12.1 Å². The third-order valence-corrected chi connectivity index (χ3v) is 2.91. The zero-order valence-electron chi connectivity index (χ0n) is 9.08. The second kappa shape index (κ2) is 4.44. The van der Waals surface area contributed by atoms with Gasteiger partial charge in [-0.15, -0.1) is 11.6 Å². The monoisotopic (exact) mass is 272 g/mol. The van der Waals surface area contributed by atoms with E-state index in [0.717, 1.165) is 0 Å². The first kappa shape index (κ1) is 14.2. The highest BCUT2D eigenvalue weighted by atomic mass is 35.5. The standard InChI is InChI=1S/C11H10ClF5/c1-6-3-4-7(2)8(5-6)9(12)10(13,14)11(15,16)17/h3-5,9H,1-2H3. The van der Waals surface area contributed by atoms with Crippen molar-refractivity contribution < 1.29 is 22.0 Å². The van der Waals surface area contributed by atoms with Gasteiger partial charge in [0.05, 0.1) is 0 Å². The summed E-state index contributed by atoms with van der Waals surface area (Å²) in [5.41, 5.74) is 0.683. The molecular weight excluding hydrogens is 263 g/mol. The maximum Gasteiger partial charge on any atom is 0.455 e. The van der Waals surface area contributed by atoms with E-state index < -0.39 is 17.5 Å². The van der Waals surface area contributed by atoms with E-state index in [1.165, 1.54) is 19.1 Å². The van der Waals surface area contributed by atoms with Crippen LogP contribution < -0.4 is 0 Å². The fraction of sp³-hybridized carbons (Fsp3) is 0.455. The summed E-state index contributed by atoms with van der Waals surface area (Å²) in [7, 11) is 0. The molecule has 96 valence electrons. The lowest BCUT2D eigenvalue weighted by Gasteiger charge is -2.25. The van der Waals surface area contributed by atoms with Gasteiger partial charge < -0.3 is 0 Å². The Morgan fingerprint density at radius 2 is 1.59 bits per heavy atom. The van der Waals surface area contributed by atoms with Crippen molar-refractivity contribution in [3.63, 3.8) is 0 Å². The third-order valence-electron chi connectivity index (χ3n) is 2.40. The summed E-state index contributed by atoms with van der Waals surface area (Å²) >= 11 is 5.29. The summed E-state index contributed by atoms with van der Waals surface area (Å²) in [6.45, 7) is 3.04. The largest absolute Gasteiger partial charge is 0.455 e. The summed E-state index contributed by atoms with van der Waals surface area (Å²) in [5, 5.41) is -2.41. The molecule has 0 nitrogen and oxygen atoms in total. The normalized spacial score (nSPS) is 14.8. The zero-order valence-corrected chi connectivity index (χ0v) is 9.83. The van der Waals surface area contributed by atoms with Crippen LogP contribution in [0.5, 0.6) is 0 Å². The molecule has 1 atom stereocenters. The van der Waals surface area contributed by atoms with Gasteiger partial charge in [0, 0.05) is 0 Å². The highest BCUT2D eigenvalue weighted by molar-refractivity contribution is 6.21. The molecule has 1 unspecified atom stereocenters. The van der Waals surface area contributed by atoms with Gasteiger partial charge in [-0.3, -0.25) is 0 Å².